The minimum absolute atomic E-state index is 0.236. The van der Waals surface area contributed by atoms with Gasteiger partial charge in [-0.1, -0.05) is 24.3 Å². The van der Waals surface area contributed by atoms with E-state index in [2.05, 4.69) is 5.32 Å². The first-order chi connectivity index (χ1) is 10.1. The Morgan fingerprint density at radius 2 is 2.05 bits per heavy atom. The van der Waals surface area contributed by atoms with Crippen molar-refractivity contribution < 1.29 is 18.7 Å². The molecule has 0 saturated heterocycles. The number of amides is 1. The summed E-state index contributed by atoms with van der Waals surface area (Å²) in [5.41, 5.74) is 0.784. The van der Waals surface area contributed by atoms with Gasteiger partial charge in [0, 0.05) is 6.54 Å². The lowest BCUT2D eigenvalue weighted by atomic mass is 10.1. The third-order valence-electron chi connectivity index (χ3n) is 3.31. The Labute approximate surface area is 123 Å². The molecule has 0 fully saturated rings. The Morgan fingerprint density at radius 1 is 1.29 bits per heavy atom. The molecular weight excluding hydrogens is 273 g/mol. The zero-order chi connectivity index (χ0) is 15.1. The number of allylic oxidation sites excluding steroid dienone is 2. The quantitative estimate of drug-likeness (QED) is 0.646. The first-order valence-electron chi connectivity index (χ1n) is 6.97. The first-order valence-corrected chi connectivity index (χ1v) is 6.97. The van der Waals surface area contributed by atoms with Crippen LogP contribution in [0.1, 0.15) is 24.8 Å². The molecule has 112 valence electrons. The number of carbonyl (C=O) groups excluding carboxylic acids is 2. The molecule has 0 bridgehead atoms. The summed E-state index contributed by atoms with van der Waals surface area (Å²) in [6.45, 7) is -0.00150. The molecule has 0 aromatic heterocycles. The monoisotopic (exact) mass is 291 g/mol. The Morgan fingerprint density at radius 3 is 2.71 bits per heavy atom. The van der Waals surface area contributed by atoms with Crippen LogP contribution in [0.25, 0.3) is 0 Å². The molecule has 1 aromatic rings. The largest absolute Gasteiger partial charge is 0.456 e. The van der Waals surface area contributed by atoms with Crippen LogP contribution < -0.4 is 5.32 Å². The Balaban J connectivity index is 1.63. The average Bonchev–Trinajstić information content (AvgIpc) is 2.97. The van der Waals surface area contributed by atoms with Gasteiger partial charge in [0.2, 0.25) is 0 Å². The van der Waals surface area contributed by atoms with Gasteiger partial charge in [0.25, 0.3) is 5.91 Å². The zero-order valence-corrected chi connectivity index (χ0v) is 11.7. The maximum Gasteiger partial charge on any atom is 0.306 e. The number of ether oxygens (including phenoxy) is 1. The molecule has 21 heavy (non-hydrogen) atoms. The summed E-state index contributed by atoms with van der Waals surface area (Å²) in [6.07, 6.45) is 6.34. The molecule has 0 heterocycles. The molecule has 1 atom stereocenters. The summed E-state index contributed by atoms with van der Waals surface area (Å²) >= 11 is 0. The highest BCUT2D eigenvalue weighted by atomic mass is 19.1. The number of nitrogens with one attached hydrogen (secondary N) is 1. The summed E-state index contributed by atoms with van der Waals surface area (Å²) in [5, 5.41) is 2.61. The predicted molar refractivity (Wildman–Crippen MR) is 75.7 cm³/mol. The van der Waals surface area contributed by atoms with Gasteiger partial charge in [-0.2, -0.15) is 0 Å². The van der Waals surface area contributed by atoms with Gasteiger partial charge in [-0.3, -0.25) is 9.59 Å². The SMILES string of the molecule is O=C(COC(=O)C[C@@H]1C=CCC1)NCc1ccc(F)cc1. The van der Waals surface area contributed by atoms with Gasteiger partial charge in [-0.15, -0.1) is 0 Å². The molecule has 1 N–H and O–H groups in total. The Bertz CT molecular complexity index is 525. The molecule has 0 saturated carbocycles. The molecule has 1 amide bonds. The van der Waals surface area contributed by atoms with Crippen molar-refractivity contribution in [3.63, 3.8) is 0 Å². The lowest BCUT2D eigenvalue weighted by molar-refractivity contribution is -0.149. The molecule has 1 aromatic carbocycles. The summed E-state index contributed by atoms with van der Waals surface area (Å²) in [7, 11) is 0. The van der Waals surface area contributed by atoms with Gasteiger partial charge in [0.05, 0.1) is 6.42 Å². The van der Waals surface area contributed by atoms with Gasteiger partial charge in [0.1, 0.15) is 5.82 Å². The van der Waals surface area contributed by atoms with Crippen molar-refractivity contribution >= 4 is 11.9 Å². The second kappa shape index (κ2) is 7.57. The predicted octanol–water partition coefficient (Wildman–Crippen LogP) is 2.34. The molecule has 0 unspecified atom stereocenters. The van der Waals surface area contributed by atoms with Crippen LogP contribution in [-0.2, 0) is 20.9 Å². The van der Waals surface area contributed by atoms with Crippen molar-refractivity contribution in [3.8, 4) is 0 Å². The summed E-state index contributed by atoms with van der Waals surface area (Å²) in [6, 6.07) is 5.84. The number of esters is 1. The Kier molecular flexibility index (Phi) is 5.49. The Hall–Kier alpha value is -2.17. The maximum atomic E-state index is 12.7. The van der Waals surface area contributed by atoms with Crippen LogP contribution in [-0.4, -0.2) is 18.5 Å². The molecule has 4 nitrogen and oxygen atoms in total. The van der Waals surface area contributed by atoms with Crippen LogP contribution >= 0.6 is 0 Å². The highest BCUT2D eigenvalue weighted by molar-refractivity contribution is 5.80. The second-order valence-corrected chi connectivity index (χ2v) is 5.03. The van der Waals surface area contributed by atoms with Gasteiger partial charge >= 0.3 is 5.97 Å². The van der Waals surface area contributed by atoms with Crippen molar-refractivity contribution in [1.82, 2.24) is 5.32 Å². The topological polar surface area (TPSA) is 55.4 Å². The standard InChI is InChI=1S/C16H18FNO3/c17-14-7-5-13(6-8-14)10-18-15(19)11-21-16(20)9-12-3-1-2-4-12/h1,3,5-8,12H,2,4,9-11H2,(H,18,19)/t12-/m1/s1. The van der Waals surface area contributed by atoms with Gasteiger partial charge < -0.3 is 10.1 Å². The van der Waals surface area contributed by atoms with Gasteiger partial charge in [0.15, 0.2) is 6.61 Å². The van der Waals surface area contributed by atoms with E-state index in [1.165, 1.54) is 12.1 Å². The molecule has 1 aliphatic rings. The van der Waals surface area contributed by atoms with Crippen LogP contribution in [0.5, 0.6) is 0 Å². The molecule has 0 radical (unpaired) electrons. The van der Waals surface area contributed by atoms with E-state index in [0.29, 0.717) is 6.42 Å². The highest BCUT2D eigenvalue weighted by Gasteiger charge is 2.15. The normalized spacial score (nSPS) is 16.7. The fourth-order valence-corrected chi connectivity index (χ4v) is 2.14. The fraction of sp³-hybridized carbons (Fsp3) is 0.375. The van der Waals surface area contributed by atoms with Crippen LogP contribution in [0, 0.1) is 11.7 Å². The smallest absolute Gasteiger partial charge is 0.306 e. The maximum absolute atomic E-state index is 12.7. The molecule has 0 spiro atoms. The number of halogens is 1. The van der Waals surface area contributed by atoms with Crippen molar-refractivity contribution in [1.29, 1.82) is 0 Å². The second-order valence-electron chi connectivity index (χ2n) is 5.03. The van der Waals surface area contributed by atoms with Crippen LogP contribution in [0.4, 0.5) is 4.39 Å². The minimum atomic E-state index is -0.366. The number of benzene rings is 1. The van der Waals surface area contributed by atoms with E-state index in [1.54, 1.807) is 12.1 Å². The summed E-state index contributed by atoms with van der Waals surface area (Å²) in [5.74, 6) is -0.808. The van der Waals surface area contributed by atoms with Crippen molar-refractivity contribution in [2.45, 2.75) is 25.8 Å². The minimum Gasteiger partial charge on any atom is -0.456 e. The van der Waals surface area contributed by atoms with E-state index in [4.69, 9.17) is 4.74 Å². The lowest BCUT2D eigenvalue weighted by Crippen LogP contribution is -2.28. The number of rotatable bonds is 6. The van der Waals surface area contributed by atoms with Crippen LogP contribution in [0.3, 0.4) is 0 Å². The molecule has 1 aliphatic carbocycles. The van der Waals surface area contributed by atoms with E-state index in [-0.39, 0.29) is 36.8 Å². The average molecular weight is 291 g/mol. The third-order valence-corrected chi connectivity index (χ3v) is 3.31. The molecule has 5 heteroatoms. The number of carbonyl (C=O) groups is 2. The number of hydrogen-bond acceptors (Lipinski definition) is 3. The fourth-order valence-electron chi connectivity index (χ4n) is 2.14. The van der Waals surface area contributed by atoms with E-state index in [0.717, 1.165) is 18.4 Å². The number of hydrogen-bond donors (Lipinski definition) is 1. The summed E-state index contributed by atoms with van der Waals surface area (Å²) in [4.78, 5) is 23.1. The highest BCUT2D eigenvalue weighted by Crippen LogP contribution is 2.20. The molecule has 2 rings (SSSR count). The van der Waals surface area contributed by atoms with Crippen LogP contribution in [0.15, 0.2) is 36.4 Å². The van der Waals surface area contributed by atoms with Gasteiger partial charge in [-0.05, 0) is 36.5 Å². The zero-order valence-electron chi connectivity index (χ0n) is 11.7. The lowest BCUT2D eigenvalue weighted by Gasteiger charge is -2.09. The van der Waals surface area contributed by atoms with Crippen molar-refractivity contribution in [3.05, 3.63) is 47.8 Å². The molecular formula is C16H18FNO3. The van der Waals surface area contributed by atoms with Crippen LogP contribution in [0.2, 0.25) is 0 Å². The summed E-state index contributed by atoms with van der Waals surface area (Å²) < 4.78 is 17.6. The van der Waals surface area contributed by atoms with Crippen molar-refractivity contribution in [2.24, 2.45) is 5.92 Å². The first kappa shape index (κ1) is 15.2. The van der Waals surface area contributed by atoms with E-state index in [1.807, 2.05) is 12.2 Å². The third kappa shape index (κ3) is 5.38. The molecule has 0 aliphatic heterocycles. The van der Waals surface area contributed by atoms with E-state index >= 15 is 0 Å². The van der Waals surface area contributed by atoms with E-state index < -0.39 is 0 Å². The van der Waals surface area contributed by atoms with E-state index in [9.17, 15) is 14.0 Å². The van der Waals surface area contributed by atoms with Crippen molar-refractivity contribution in [2.75, 3.05) is 6.61 Å². The van der Waals surface area contributed by atoms with Gasteiger partial charge in [-0.25, -0.2) is 4.39 Å².